The van der Waals surface area contributed by atoms with E-state index in [1.807, 2.05) is 0 Å². The minimum atomic E-state index is -0.563. The summed E-state index contributed by atoms with van der Waals surface area (Å²) in [6, 6.07) is 6.40. The predicted octanol–water partition coefficient (Wildman–Crippen LogP) is 0.448. The van der Waals surface area contributed by atoms with E-state index in [4.69, 9.17) is 10.5 Å². The van der Waals surface area contributed by atoms with Crippen LogP contribution in [-0.2, 0) is 9.53 Å². The van der Waals surface area contributed by atoms with Crippen LogP contribution in [0.25, 0.3) is 0 Å². The Morgan fingerprint density at radius 1 is 1.30 bits per heavy atom. The topological polar surface area (TPSA) is 58.8 Å². The van der Waals surface area contributed by atoms with Gasteiger partial charge < -0.3 is 20.3 Å². The number of ether oxygens (including phenoxy) is 1. The zero-order chi connectivity index (χ0) is 14.5. The smallest absolute Gasteiger partial charge is 0.253 e. The number of benzene rings is 1. The maximum absolute atomic E-state index is 12.9. The molecule has 0 aromatic heterocycles. The first kappa shape index (κ1) is 14.7. The third-order valence-electron chi connectivity index (χ3n) is 3.56. The van der Waals surface area contributed by atoms with Crippen molar-refractivity contribution in [3.63, 3.8) is 0 Å². The van der Waals surface area contributed by atoms with Gasteiger partial charge in [0.2, 0.25) is 0 Å². The molecule has 6 heteroatoms. The molecule has 1 unspecified atom stereocenters. The molecule has 0 saturated carbocycles. The lowest BCUT2D eigenvalue weighted by atomic mass is 10.2. The summed E-state index contributed by atoms with van der Waals surface area (Å²) in [4.78, 5) is 16.0. The largest absolute Gasteiger partial charge is 0.370 e. The number of amides is 1. The molecule has 2 rings (SSSR count). The normalized spacial score (nSPS) is 17.1. The van der Waals surface area contributed by atoms with Crippen LogP contribution in [0.3, 0.4) is 0 Å². The van der Waals surface area contributed by atoms with Gasteiger partial charge in [-0.15, -0.1) is 0 Å². The molecule has 1 aromatic rings. The Morgan fingerprint density at radius 3 is 2.40 bits per heavy atom. The number of halogens is 1. The van der Waals surface area contributed by atoms with Gasteiger partial charge in [0.05, 0.1) is 0 Å². The predicted molar refractivity (Wildman–Crippen MR) is 75.0 cm³/mol. The van der Waals surface area contributed by atoms with Gasteiger partial charge in [0.1, 0.15) is 11.9 Å². The molecule has 1 aliphatic heterocycles. The highest BCUT2D eigenvalue weighted by molar-refractivity contribution is 5.81. The van der Waals surface area contributed by atoms with E-state index in [1.54, 1.807) is 17.0 Å². The van der Waals surface area contributed by atoms with E-state index in [0.29, 0.717) is 13.1 Å². The number of carbonyl (C=O) groups is 1. The van der Waals surface area contributed by atoms with Gasteiger partial charge in [-0.05, 0) is 24.3 Å². The number of carbonyl (C=O) groups excluding carboxylic acids is 1. The zero-order valence-corrected chi connectivity index (χ0v) is 11.6. The number of methoxy groups -OCH3 is 1. The number of piperazine rings is 1. The second-order valence-corrected chi connectivity index (χ2v) is 4.75. The van der Waals surface area contributed by atoms with E-state index in [1.165, 1.54) is 19.2 Å². The number of nitrogens with zero attached hydrogens (tertiary/aromatic N) is 2. The fraction of sp³-hybridized carbons (Fsp3) is 0.500. The van der Waals surface area contributed by atoms with Crippen LogP contribution in [-0.4, -0.2) is 56.7 Å². The summed E-state index contributed by atoms with van der Waals surface area (Å²) >= 11 is 0. The van der Waals surface area contributed by atoms with Crippen LogP contribution in [0.4, 0.5) is 10.1 Å². The van der Waals surface area contributed by atoms with Crippen molar-refractivity contribution in [2.75, 3.05) is 44.7 Å². The Hall–Kier alpha value is -1.66. The number of hydrogen-bond acceptors (Lipinski definition) is 4. The number of rotatable bonds is 4. The van der Waals surface area contributed by atoms with E-state index in [0.717, 1.165) is 18.8 Å². The molecule has 2 N–H and O–H groups in total. The van der Waals surface area contributed by atoms with Gasteiger partial charge in [-0.25, -0.2) is 4.39 Å². The van der Waals surface area contributed by atoms with Crippen LogP contribution in [0.15, 0.2) is 24.3 Å². The average molecular weight is 281 g/mol. The molecule has 0 spiro atoms. The molecule has 1 saturated heterocycles. The monoisotopic (exact) mass is 281 g/mol. The molecule has 1 fully saturated rings. The zero-order valence-electron chi connectivity index (χ0n) is 11.6. The minimum Gasteiger partial charge on any atom is -0.370 e. The van der Waals surface area contributed by atoms with Crippen molar-refractivity contribution >= 4 is 11.6 Å². The van der Waals surface area contributed by atoms with Gasteiger partial charge in [-0.2, -0.15) is 0 Å². The lowest BCUT2D eigenvalue weighted by Gasteiger charge is -2.37. The SMILES string of the molecule is COC(CN)C(=O)N1CCN(c2ccc(F)cc2)CC1. The van der Waals surface area contributed by atoms with E-state index >= 15 is 0 Å². The summed E-state index contributed by atoms with van der Waals surface area (Å²) in [7, 11) is 1.49. The third-order valence-corrected chi connectivity index (χ3v) is 3.56. The second kappa shape index (κ2) is 6.67. The highest BCUT2D eigenvalue weighted by Gasteiger charge is 2.26. The van der Waals surface area contributed by atoms with Gasteiger partial charge in [0.25, 0.3) is 5.91 Å². The Morgan fingerprint density at radius 2 is 1.90 bits per heavy atom. The van der Waals surface area contributed by atoms with E-state index in [9.17, 15) is 9.18 Å². The molecule has 1 aliphatic rings. The lowest BCUT2D eigenvalue weighted by Crippen LogP contribution is -2.53. The molecule has 1 amide bonds. The van der Waals surface area contributed by atoms with Gasteiger partial charge in [0.15, 0.2) is 0 Å². The first-order valence-corrected chi connectivity index (χ1v) is 6.68. The highest BCUT2D eigenvalue weighted by Crippen LogP contribution is 2.17. The summed E-state index contributed by atoms with van der Waals surface area (Å²) in [5, 5.41) is 0. The van der Waals surface area contributed by atoms with Gasteiger partial charge in [-0.1, -0.05) is 0 Å². The fourth-order valence-electron chi connectivity index (χ4n) is 2.34. The summed E-state index contributed by atoms with van der Waals surface area (Å²) in [5.41, 5.74) is 6.48. The van der Waals surface area contributed by atoms with Crippen LogP contribution < -0.4 is 10.6 Å². The van der Waals surface area contributed by atoms with Crippen molar-refractivity contribution in [3.8, 4) is 0 Å². The van der Waals surface area contributed by atoms with Crippen LogP contribution in [0, 0.1) is 5.82 Å². The number of hydrogen-bond donors (Lipinski definition) is 1. The summed E-state index contributed by atoms with van der Waals surface area (Å²) in [6.07, 6.45) is -0.563. The van der Waals surface area contributed by atoms with Gasteiger partial charge >= 0.3 is 0 Å². The van der Waals surface area contributed by atoms with E-state index in [2.05, 4.69) is 4.90 Å². The maximum Gasteiger partial charge on any atom is 0.253 e. The van der Waals surface area contributed by atoms with Gasteiger partial charge in [0, 0.05) is 45.5 Å². The maximum atomic E-state index is 12.9. The van der Waals surface area contributed by atoms with Gasteiger partial charge in [-0.3, -0.25) is 4.79 Å². The van der Waals surface area contributed by atoms with Crippen LogP contribution in [0.1, 0.15) is 0 Å². The quantitative estimate of drug-likeness (QED) is 0.870. The standard InChI is InChI=1S/C14H20FN3O2/c1-20-13(10-16)14(19)18-8-6-17(7-9-18)12-4-2-11(15)3-5-12/h2-5,13H,6-10,16H2,1H3. The van der Waals surface area contributed by atoms with Crippen LogP contribution >= 0.6 is 0 Å². The Balaban J connectivity index is 1.92. The Bertz CT molecular complexity index is 440. The lowest BCUT2D eigenvalue weighted by molar-refractivity contribution is -0.141. The van der Waals surface area contributed by atoms with Crippen molar-refractivity contribution < 1.29 is 13.9 Å². The van der Waals surface area contributed by atoms with Crippen molar-refractivity contribution in [3.05, 3.63) is 30.1 Å². The number of anilines is 1. The molecule has 1 heterocycles. The van der Waals surface area contributed by atoms with Crippen molar-refractivity contribution in [1.29, 1.82) is 0 Å². The van der Waals surface area contributed by atoms with Crippen molar-refractivity contribution in [2.24, 2.45) is 5.73 Å². The average Bonchev–Trinajstić information content (AvgIpc) is 2.49. The molecule has 5 nitrogen and oxygen atoms in total. The van der Waals surface area contributed by atoms with Crippen LogP contribution in [0.5, 0.6) is 0 Å². The van der Waals surface area contributed by atoms with E-state index in [-0.39, 0.29) is 18.3 Å². The summed E-state index contributed by atoms with van der Waals surface area (Å²) in [5.74, 6) is -0.304. The third kappa shape index (κ3) is 3.26. The van der Waals surface area contributed by atoms with Crippen molar-refractivity contribution in [1.82, 2.24) is 4.90 Å². The molecule has 0 radical (unpaired) electrons. The highest BCUT2D eigenvalue weighted by atomic mass is 19.1. The van der Waals surface area contributed by atoms with E-state index < -0.39 is 6.10 Å². The molecule has 1 atom stereocenters. The summed E-state index contributed by atoms with van der Waals surface area (Å²) in [6.45, 7) is 2.87. The fourth-order valence-corrected chi connectivity index (χ4v) is 2.34. The Labute approximate surface area is 118 Å². The van der Waals surface area contributed by atoms with Crippen LogP contribution in [0.2, 0.25) is 0 Å². The minimum absolute atomic E-state index is 0.0613. The summed E-state index contributed by atoms with van der Waals surface area (Å²) < 4.78 is 18.0. The first-order valence-electron chi connectivity index (χ1n) is 6.68. The molecule has 0 aliphatic carbocycles. The first-order chi connectivity index (χ1) is 9.65. The Kier molecular flexibility index (Phi) is 4.92. The molecule has 20 heavy (non-hydrogen) atoms. The number of nitrogens with two attached hydrogens (primary N) is 1. The molecular weight excluding hydrogens is 261 g/mol. The second-order valence-electron chi connectivity index (χ2n) is 4.75. The molecular formula is C14H20FN3O2. The molecule has 0 bridgehead atoms. The van der Waals surface area contributed by atoms with Crippen molar-refractivity contribution in [2.45, 2.75) is 6.10 Å². The molecule has 110 valence electrons. The molecule has 1 aromatic carbocycles.